The standard InChI is InChI=1S/C13H14N6/c1-9-4-3-5-16-11(9)8-19(2)13-17-7-10(6-14)12(15)18-13/h3-5,7H,8H2,1-2H3,(H2,15,17,18). The predicted molar refractivity (Wildman–Crippen MR) is 72.2 cm³/mol. The van der Waals surface area contributed by atoms with E-state index in [1.54, 1.807) is 6.20 Å². The normalized spacial score (nSPS) is 9.95. The quantitative estimate of drug-likeness (QED) is 0.886. The second-order valence-electron chi connectivity index (χ2n) is 4.20. The monoisotopic (exact) mass is 254 g/mol. The number of rotatable bonds is 3. The number of anilines is 2. The molecular formula is C13H14N6. The van der Waals surface area contributed by atoms with Crippen LogP contribution in [0.3, 0.4) is 0 Å². The maximum Gasteiger partial charge on any atom is 0.227 e. The lowest BCUT2D eigenvalue weighted by Crippen LogP contribution is -2.21. The molecule has 0 bridgehead atoms. The highest BCUT2D eigenvalue weighted by atomic mass is 15.2. The Bertz CT molecular complexity index is 631. The lowest BCUT2D eigenvalue weighted by Gasteiger charge is -2.17. The summed E-state index contributed by atoms with van der Waals surface area (Å²) in [6.45, 7) is 2.59. The number of nitrogen functional groups attached to an aromatic ring is 1. The Morgan fingerprint density at radius 1 is 1.42 bits per heavy atom. The van der Waals surface area contributed by atoms with Gasteiger partial charge in [-0.05, 0) is 18.6 Å². The van der Waals surface area contributed by atoms with Crippen molar-refractivity contribution < 1.29 is 0 Å². The van der Waals surface area contributed by atoms with Crippen LogP contribution < -0.4 is 10.6 Å². The minimum absolute atomic E-state index is 0.192. The third kappa shape index (κ3) is 2.77. The van der Waals surface area contributed by atoms with Crippen LogP contribution in [0.15, 0.2) is 24.5 Å². The topological polar surface area (TPSA) is 91.7 Å². The van der Waals surface area contributed by atoms with Crippen LogP contribution in [0.25, 0.3) is 0 Å². The first-order valence-corrected chi connectivity index (χ1v) is 5.76. The molecule has 19 heavy (non-hydrogen) atoms. The van der Waals surface area contributed by atoms with E-state index in [9.17, 15) is 0 Å². The van der Waals surface area contributed by atoms with Crippen molar-refractivity contribution in [3.63, 3.8) is 0 Å². The van der Waals surface area contributed by atoms with Crippen LogP contribution in [0.4, 0.5) is 11.8 Å². The largest absolute Gasteiger partial charge is 0.382 e. The smallest absolute Gasteiger partial charge is 0.227 e. The van der Waals surface area contributed by atoms with Gasteiger partial charge in [0.05, 0.1) is 18.4 Å². The summed E-state index contributed by atoms with van der Waals surface area (Å²) in [5, 5.41) is 8.79. The number of nitrogens with two attached hydrogens (primary N) is 1. The van der Waals surface area contributed by atoms with E-state index in [-0.39, 0.29) is 11.4 Å². The van der Waals surface area contributed by atoms with Crippen molar-refractivity contribution in [1.29, 1.82) is 5.26 Å². The zero-order valence-corrected chi connectivity index (χ0v) is 10.8. The van der Waals surface area contributed by atoms with Gasteiger partial charge in [0.1, 0.15) is 17.5 Å². The van der Waals surface area contributed by atoms with E-state index in [4.69, 9.17) is 11.0 Å². The molecule has 6 nitrogen and oxygen atoms in total. The van der Waals surface area contributed by atoms with E-state index in [1.165, 1.54) is 6.20 Å². The molecule has 0 aromatic carbocycles. The first-order valence-electron chi connectivity index (χ1n) is 5.76. The van der Waals surface area contributed by atoms with Gasteiger partial charge in [0.25, 0.3) is 0 Å². The van der Waals surface area contributed by atoms with Gasteiger partial charge in [-0.1, -0.05) is 6.07 Å². The molecule has 0 saturated carbocycles. The number of nitrogens with zero attached hydrogens (tertiary/aromatic N) is 5. The Morgan fingerprint density at radius 3 is 2.84 bits per heavy atom. The number of pyridine rings is 1. The summed E-state index contributed by atoms with van der Waals surface area (Å²) in [5.74, 6) is 0.665. The van der Waals surface area contributed by atoms with Gasteiger partial charge in [0.15, 0.2) is 0 Å². The van der Waals surface area contributed by atoms with Crippen LogP contribution in [0, 0.1) is 18.3 Å². The van der Waals surface area contributed by atoms with Crippen LogP contribution in [0.1, 0.15) is 16.8 Å². The van der Waals surface area contributed by atoms with Gasteiger partial charge in [-0.3, -0.25) is 4.98 Å². The minimum Gasteiger partial charge on any atom is -0.382 e. The van der Waals surface area contributed by atoms with Gasteiger partial charge in [0, 0.05) is 13.2 Å². The number of aryl methyl sites for hydroxylation is 1. The number of hydrogen-bond donors (Lipinski definition) is 1. The maximum absolute atomic E-state index is 8.79. The molecule has 2 heterocycles. The highest BCUT2D eigenvalue weighted by molar-refractivity contribution is 5.50. The summed E-state index contributed by atoms with van der Waals surface area (Å²) in [5.41, 5.74) is 8.02. The van der Waals surface area contributed by atoms with Gasteiger partial charge in [-0.15, -0.1) is 0 Å². The molecule has 6 heteroatoms. The second kappa shape index (κ2) is 5.31. The van der Waals surface area contributed by atoms with Gasteiger partial charge in [-0.2, -0.15) is 10.2 Å². The zero-order chi connectivity index (χ0) is 13.8. The molecule has 0 aliphatic carbocycles. The lowest BCUT2D eigenvalue weighted by atomic mass is 10.2. The van der Waals surface area contributed by atoms with E-state index < -0.39 is 0 Å². The van der Waals surface area contributed by atoms with Gasteiger partial charge < -0.3 is 10.6 Å². The van der Waals surface area contributed by atoms with Crippen molar-refractivity contribution in [2.24, 2.45) is 0 Å². The third-order valence-corrected chi connectivity index (χ3v) is 2.77. The third-order valence-electron chi connectivity index (χ3n) is 2.77. The lowest BCUT2D eigenvalue weighted by molar-refractivity contribution is 0.834. The fraction of sp³-hybridized carbons (Fsp3) is 0.231. The highest BCUT2D eigenvalue weighted by Gasteiger charge is 2.10. The Labute approximate surface area is 111 Å². The number of nitriles is 1. The van der Waals surface area contributed by atoms with Crippen molar-refractivity contribution in [2.45, 2.75) is 13.5 Å². The number of hydrogen-bond acceptors (Lipinski definition) is 6. The molecule has 2 rings (SSSR count). The molecule has 0 atom stereocenters. The molecule has 96 valence electrons. The average Bonchev–Trinajstić information content (AvgIpc) is 2.41. The predicted octanol–water partition coefficient (Wildman–Crippen LogP) is 1.27. The van der Waals surface area contributed by atoms with Crippen molar-refractivity contribution in [3.8, 4) is 6.07 Å². The molecule has 0 saturated heterocycles. The molecule has 0 aliphatic heterocycles. The Balaban J connectivity index is 2.21. The van der Waals surface area contributed by atoms with E-state index in [1.807, 2.05) is 37.1 Å². The Hall–Kier alpha value is -2.68. The number of aromatic nitrogens is 3. The second-order valence-corrected chi connectivity index (χ2v) is 4.20. The Morgan fingerprint density at radius 2 is 2.21 bits per heavy atom. The van der Waals surface area contributed by atoms with E-state index in [0.29, 0.717) is 12.5 Å². The van der Waals surface area contributed by atoms with Crippen molar-refractivity contribution in [3.05, 3.63) is 41.3 Å². The van der Waals surface area contributed by atoms with Crippen LogP contribution in [0.2, 0.25) is 0 Å². The molecule has 2 aromatic rings. The van der Waals surface area contributed by atoms with Crippen LogP contribution in [-0.2, 0) is 6.54 Å². The van der Waals surface area contributed by atoms with Crippen molar-refractivity contribution in [2.75, 3.05) is 17.7 Å². The van der Waals surface area contributed by atoms with Crippen LogP contribution in [0.5, 0.6) is 0 Å². The summed E-state index contributed by atoms with van der Waals surface area (Å²) in [7, 11) is 1.86. The van der Waals surface area contributed by atoms with Crippen molar-refractivity contribution >= 4 is 11.8 Å². The van der Waals surface area contributed by atoms with Gasteiger partial charge in [-0.25, -0.2) is 4.98 Å². The summed E-state index contributed by atoms with van der Waals surface area (Å²) < 4.78 is 0. The first kappa shape index (κ1) is 12.8. The molecule has 2 N–H and O–H groups in total. The van der Waals surface area contributed by atoms with Crippen LogP contribution >= 0.6 is 0 Å². The average molecular weight is 254 g/mol. The van der Waals surface area contributed by atoms with E-state index in [0.717, 1.165) is 11.3 Å². The summed E-state index contributed by atoms with van der Waals surface area (Å²) in [6.07, 6.45) is 3.18. The van der Waals surface area contributed by atoms with Crippen LogP contribution in [-0.4, -0.2) is 22.0 Å². The zero-order valence-electron chi connectivity index (χ0n) is 10.8. The fourth-order valence-corrected chi connectivity index (χ4v) is 1.63. The molecule has 0 unspecified atom stereocenters. The van der Waals surface area contributed by atoms with E-state index in [2.05, 4.69) is 15.0 Å². The molecule has 0 fully saturated rings. The summed E-state index contributed by atoms with van der Waals surface area (Å²) in [4.78, 5) is 14.4. The molecule has 0 radical (unpaired) electrons. The summed E-state index contributed by atoms with van der Waals surface area (Å²) >= 11 is 0. The minimum atomic E-state index is 0.192. The molecule has 0 spiro atoms. The molecular weight excluding hydrogens is 240 g/mol. The SMILES string of the molecule is Cc1cccnc1CN(C)c1ncc(C#N)c(N)n1. The molecule has 0 aliphatic rings. The van der Waals surface area contributed by atoms with Gasteiger partial charge >= 0.3 is 0 Å². The fourth-order valence-electron chi connectivity index (χ4n) is 1.63. The first-order chi connectivity index (χ1) is 9.11. The van der Waals surface area contributed by atoms with E-state index >= 15 is 0 Å². The summed E-state index contributed by atoms with van der Waals surface area (Å²) in [6, 6.07) is 5.84. The molecule has 2 aromatic heterocycles. The van der Waals surface area contributed by atoms with Gasteiger partial charge in [0.2, 0.25) is 5.95 Å². The maximum atomic E-state index is 8.79. The Kier molecular flexibility index (Phi) is 3.57. The van der Waals surface area contributed by atoms with Crippen molar-refractivity contribution in [1.82, 2.24) is 15.0 Å². The molecule has 0 amide bonds. The highest BCUT2D eigenvalue weighted by Crippen LogP contribution is 2.14.